The SMILES string of the molecule is C=N/C(=C\C(=N/C)Nc1ccc(OC(F)(F)F)cc1)c1cc(Nc2ccc(OC(F)(F)F)cc2)ncn1. The summed E-state index contributed by atoms with van der Waals surface area (Å²) in [5.41, 5.74) is 1.48. The lowest BCUT2D eigenvalue weighted by Crippen LogP contribution is -2.17. The van der Waals surface area contributed by atoms with Crippen LogP contribution in [0.15, 0.2) is 77.0 Å². The number of rotatable bonds is 8. The van der Waals surface area contributed by atoms with Crippen LogP contribution < -0.4 is 20.1 Å². The molecule has 2 N–H and O–H groups in total. The Hall–Kier alpha value is -4.62. The molecule has 0 saturated carbocycles. The number of nitrogens with one attached hydrogen (secondary N) is 2. The summed E-state index contributed by atoms with van der Waals surface area (Å²) in [6.07, 6.45) is -6.85. The Labute approximate surface area is 206 Å². The molecule has 37 heavy (non-hydrogen) atoms. The first-order valence-electron chi connectivity index (χ1n) is 10.2. The van der Waals surface area contributed by atoms with E-state index in [1.54, 1.807) is 0 Å². The summed E-state index contributed by atoms with van der Waals surface area (Å²) in [6.45, 7) is 3.52. The normalized spacial score (nSPS) is 12.6. The van der Waals surface area contributed by atoms with Crippen LogP contribution in [0.5, 0.6) is 11.5 Å². The van der Waals surface area contributed by atoms with Crippen molar-refractivity contribution in [3.8, 4) is 11.5 Å². The van der Waals surface area contributed by atoms with Crippen LogP contribution in [0.1, 0.15) is 5.69 Å². The number of amidine groups is 1. The number of aromatic nitrogens is 2. The number of ether oxygens (including phenoxy) is 2. The number of alkyl halides is 6. The van der Waals surface area contributed by atoms with Crippen LogP contribution in [-0.4, -0.2) is 42.3 Å². The number of hydrogen-bond donors (Lipinski definition) is 2. The van der Waals surface area contributed by atoms with E-state index in [0.29, 0.717) is 28.7 Å². The van der Waals surface area contributed by atoms with E-state index in [-0.39, 0.29) is 17.2 Å². The Morgan fingerprint density at radius 2 is 1.41 bits per heavy atom. The number of anilines is 3. The lowest BCUT2D eigenvalue weighted by molar-refractivity contribution is -0.275. The Bertz CT molecular complexity index is 1270. The molecule has 1 heterocycles. The maximum Gasteiger partial charge on any atom is 0.573 e. The summed E-state index contributed by atoms with van der Waals surface area (Å²) in [5.74, 6) is -0.142. The van der Waals surface area contributed by atoms with Crippen LogP contribution in [0.2, 0.25) is 0 Å². The molecule has 3 rings (SSSR count). The summed E-state index contributed by atoms with van der Waals surface area (Å²) in [7, 11) is 1.49. The number of halogens is 6. The second kappa shape index (κ2) is 11.4. The van der Waals surface area contributed by atoms with E-state index in [1.807, 2.05) is 0 Å². The smallest absolute Gasteiger partial charge is 0.406 e. The van der Waals surface area contributed by atoms with Crippen molar-refractivity contribution in [2.75, 3.05) is 17.7 Å². The Kier molecular flexibility index (Phi) is 8.32. The fraction of sp³-hybridized carbons (Fsp3) is 0.130. The van der Waals surface area contributed by atoms with Crippen molar-refractivity contribution in [2.45, 2.75) is 12.7 Å². The first kappa shape index (κ1) is 27.0. The summed E-state index contributed by atoms with van der Waals surface area (Å²) in [5, 5.41) is 5.85. The van der Waals surface area contributed by atoms with Crippen LogP contribution in [0, 0.1) is 0 Å². The fourth-order valence-electron chi connectivity index (χ4n) is 2.83. The molecule has 0 aliphatic heterocycles. The van der Waals surface area contributed by atoms with Crippen LogP contribution in [0.4, 0.5) is 43.5 Å². The molecule has 0 bridgehead atoms. The van der Waals surface area contributed by atoms with Crippen LogP contribution in [-0.2, 0) is 0 Å². The zero-order chi connectivity index (χ0) is 27.1. The largest absolute Gasteiger partial charge is 0.573 e. The van der Waals surface area contributed by atoms with Gasteiger partial charge in [0.15, 0.2) is 0 Å². The third-order valence-corrected chi connectivity index (χ3v) is 4.33. The van der Waals surface area contributed by atoms with Gasteiger partial charge in [0.1, 0.15) is 29.5 Å². The quantitative estimate of drug-likeness (QED) is 0.207. The predicted molar refractivity (Wildman–Crippen MR) is 126 cm³/mol. The van der Waals surface area contributed by atoms with E-state index >= 15 is 0 Å². The standard InChI is InChI=1S/C23H18F6N6O2/c1-30-18(11-20(31-2)34-14-3-7-16(8-4-14)36-22(24,25)26)19-12-21(33-13-32-19)35-15-5-9-17(10-6-15)37-23(27,28)29/h3-13H,1H2,2H3,(H,31,34)(H,32,33,35)/b18-11-. The van der Waals surface area contributed by atoms with Gasteiger partial charge in [-0.3, -0.25) is 9.98 Å². The molecule has 0 fully saturated rings. The summed E-state index contributed by atoms with van der Waals surface area (Å²) < 4.78 is 81.6. The van der Waals surface area contributed by atoms with Gasteiger partial charge in [-0.2, -0.15) is 0 Å². The summed E-state index contributed by atoms with van der Waals surface area (Å²) in [4.78, 5) is 16.2. The highest BCUT2D eigenvalue weighted by Gasteiger charge is 2.31. The number of benzene rings is 2. The summed E-state index contributed by atoms with van der Waals surface area (Å²) >= 11 is 0. The zero-order valence-electron chi connectivity index (χ0n) is 18.9. The topological polar surface area (TPSA) is 93.0 Å². The first-order valence-corrected chi connectivity index (χ1v) is 10.2. The Balaban J connectivity index is 1.72. The average Bonchev–Trinajstić information content (AvgIpc) is 2.82. The lowest BCUT2D eigenvalue weighted by atomic mass is 10.2. The fourth-order valence-corrected chi connectivity index (χ4v) is 2.83. The highest BCUT2D eigenvalue weighted by molar-refractivity contribution is 6.07. The van der Waals surface area contributed by atoms with Crippen molar-refractivity contribution in [3.05, 3.63) is 72.7 Å². The molecule has 0 aliphatic carbocycles. The van der Waals surface area contributed by atoms with Gasteiger partial charge in [0, 0.05) is 30.6 Å². The third kappa shape index (κ3) is 8.83. The molecule has 0 spiro atoms. The molecule has 14 heteroatoms. The molecule has 194 valence electrons. The van der Waals surface area contributed by atoms with E-state index in [2.05, 4.69) is 46.8 Å². The number of aliphatic imine (C=N–C) groups is 2. The van der Waals surface area contributed by atoms with E-state index in [4.69, 9.17) is 0 Å². The van der Waals surface area contributed by atoms with Crippen LogP contribution >= 0.6 is 0 Å². The highest BCUT2D eigenvalue weighted by atomic mass is 19.4. The zero-order valence-corrected chi connectivity index (χ0v) is 18.9. The first-order chi connectivity index (χ1) is 17.4. The predicted octanol–water partition coefficient (Wildman–Crippen LogP) is 6.20. The molecular weight excluding hydrogens is 506 g/mol. The third-order valence-electron chi connectivity index (χ3n) is 4.33. The molecule has 0 amide bonds. The van der Waals surface area contributed by atoms with Crippen molar-refractivity contribution in [1.82, 2.24) is 9.97 Å². The van der Waals surface area contributed by atoms with E-state index in [1.165, 1.54) is 49.8 Å². The maximum atomic E-state index is 12.3. The molecule has 1 aromatic heterocycles. The molecule has 0 unspecified atom stereocenters. The van der Waals surface area contributed by atoms with Gasteiger partial charge >= 0.3 is 12.7 Å². The molecule has 0 atom stereocenters. The van der Waals surface area contributed by atoms with Crippen LogP contribution in [0.3, 0.4) is 0 Å². The molecule has 0 radical (unpaired) electrons. The minimum atomic E-state index is -4.80. The molecule has 3 aromatic rings. The van der Waals surface area contributed by atoms with E-state index < -0.39 is 12.7 Å². The van der Waals surface area contributed by atoms with E-state index in [0.717, 1.165) is 24.3 Å². The Morgan fingerprint density at radius 1 is 0.865 bits per heavy atom. The van der Waals surface area contributed by atoms with Gasteiger partial charge in [-0.1, -0.05) is 0 Å². The second-order valence-corrected chi connectivity index (χ2v) is 6.98. The van der Waals surface area contributed by atoms with Gasteiger partial charge in [-0.05, 0) is 55.2 Å². The minimum Gasteiger partial charge on any atom is -0.406 e. The van der Waals surface area contributed by atoms with Gasteiger partial charge in [-0.15, -0.1) is 26.3 Å². The second-order valence-electron chi connectivity index (χ2n) is 6.98. The minimum absolute atomic E-state index is 0.282. The highest BCUT2D eigenvalue weighted by Crippen LogP contribution is 2.26. The van der Waals surface area contributed by atoms with Gasteiger partial charge in [0.05, 0.1) is 11.4 Å². The summed E-state index contributed by atoms with van der Waals surface area (Å²) in [6, 6.07) is 11.6. The monoisotopic (exact) mass is 524 g/mol. The van der Waals surface area contributed by atoms with E-state index in [9.17, 15) is 26.3 Å². The molecule has 0 aliphatic rings. The van der Waals surface area contributed by atoms with Gasteiger partial charge in [0.25, 0.3) is 0 Å². The van der Waals surface area contributed by atoms with Gasteiger partial charge < -0.3 is 20.1 Å². The van der Waals surface area contributed by atoms with Crippen molar-refractivity contribution in [1.29, 1.82) is 0 Å². The Morgan fingerprint density at radius 3 is 1.89 bits per heavy atom. The van der Waals surface area contributed by atoms with Gasteiger partial charge in [-0.25, -0.2) is 9.97 Å². The number of nitrogens with zero attached hydrogens (tertiary/aromatic N) is 4. The molecule has 2 aromatic carbocycles. The van der Waals surface area contributed by atoms with Crippen LogP contribution in [0.25, 0.3) is 5.70 Å². The molecule has 8 nitrogen and oxygen atoms in total. The average molecular weight is 524 g/mol. The van der Waals surface area contributed by atoms with Crippen molar-refractivity contribution in [2.24, 2.45) is 9.98 Å². The van der Waals surface area contributed by atoms with Crippen molar-refractivity contribution >= 4 is 35.4 Å². The number of hydrogen-bond acceptors (Lipinski definition) is 7. The molecule has 0 saturated heterocycles. The maximum absolute atomic E-state index is 12.3. The van der Waals surface area contributed by atoms with Crippen molar-refractivity contribution in [3.63, 3.8) is 0 Å². The molecular formula is C23H18F6N6O2. The van der Waals surface area contributed by atoms with Gasteiger partial charge in [0.2, 0.25) is 0 Å². The lowest BCUT2D eigenvalue weighted by Gasteiger charge is -2.11. The van der Waals surface area contributed by atoms with Crippen molar-refractivity contribution < 1.29 is 35.8 Å².